The zero-order valence-corrected chi connectivity index (χ0v) is 11.5. The van der Waals surface area contributed by atoms with Crippen LogP contribution in [0.4, 0.5) is 5.69 Å². The van der Waals surface area contributed by atoms with Crippen molar-refractivity contribution < 1.29 is 9.59 Å². The Morgan fingerprint density at radius 2 is 1.42 bits per heavy atom. The third-order valence-corrected chi connectivity index (χ3v) is 3.06. The van der Waals surface area contributed by atoms with Gasteiger partial charge >= 0.3 is 0 Å². The molecule has 0 atom stereocenters. The van der Waals surface area contributed by atoms with E-state index in [-0.39, 0.29) is 5.91 Å². The van der Waals surface area contributed by atoms with Crippen LogP contribution in [0, 0.1) is 0 Å². The zero-order valence-electron chi connectivity index (χ0n) is 9.89. The highest BCUT2D eigenvalue weighted by Crippen LogP contribution is 2.14. The first-order valence-corrected chi connectivity index (χ1v) is 6.32. The topological polar surface area (TPSA) is 72.2 Å². The van der Waals surface area contributed by atoms with Crippen LogP contribution < -0.4 is 11.1 Å². The molecule has 0 aliphatic rings. The van der Waals surface area contributed by atoms with Gasteiger partial charge < -0.3 is 11.1 Å². The Hall–Kier alpha value is -2.14. The smallest absolute Gasteiger partial charge is 0.255 e. The van der Waals surface area contributed by atoms with Crippen molar-refractivity contribution in [2.45, 2.75) is 0 Å². The summed E-state index contributed by atoms with van der Waals surface area (Å²) in [6.45, 7) is 0. The lowest BCUT2D eigenvalue weighted by Crippen LogP contribution is -2.13. The average Bonchev–Trinajstić information content (AvgIpc) is 2.40. The Labute approximate surface area is 118 Å². The van der Waals surface area contributed by atoms with E-state index in [9.17, 15) is 9.59 Å². The summed E-state index contributed by atoms with van der Waals surface area (Å²) in [4.78, 5) is 22.8. The van der Waals surface area contributed by atoms with E-state index in [1.54, 1.807) is 48.5 Å². The summed E-state index contributed by atoms with van der Waals surface area (Å²) in [5.41, 5.74) is 6.71. The molecule has 19 heavy (non-hydrogen) atoms. The maximum atomic E-state index is 11.9. The molecule has 0 bridgehead atoms. The van der Waals surface area contributed by atoms with Crippen LogP contribution >= 0.6 is 15.9 Å². The lowest BCUT2D eigenvalue weighted by atomic mass is 10.2. The average molecular weight is 319 g/mol. The number of benzene rings is 2. The molecule has 2 aromatic carbocycles. The third-order valence-electron chi connectivity index (χ3n) is 2.53. The van der Waals surface area contributed by atoms with Crippen LogP contribution in [0.5, 0.6) is 0 Å². The molecule has 0 heterocycles. The first-order valence-electron chi connectivity index (χ1n) is 5.53. The molecule has 2 aromatic rings. The van der Waals surface area contributed by atoms with Crippen molar-refractivity contribution in [2.24, 2.45) is 5.73 Å². The molecule has 0 aliphatic heterocycles. The fraction of sp³-hybridized carbons (Fsp3) is 0. The molecule has 96 valence electrons. The van der Waals surface area contributed by atoms with Gasteiger partial charge in [0.05, 0.1) is 0 Å². The van der Waals surface area contributed by atoms with Gasteiger partial charge in [-0.05, 0) is 48.5 Å². The monoisotopic (exact) mass is 318 g/mol. The lowest BCUT2D eigenvalue weighted by molar-refractivity contribution is 0.0998. The van der Waals surface area contributed by atoms with Crippen LogP contribution in [0.25, 0.3) is 0 Å². The predicted molar refractivity (Wildman–Crippen MR) is 77.1 cm³/mol. The second kappa shape index (κ2) is 5.67. The van der Waals surface area contributed by atoms with E-state index in [2.05, 4.69) is 21.2 Å². The van der Waals surface area contributed by atoms with Gasteiger partial charge in [0, 0.05) is 21.3 Å². The van der Waals surface area contributed by atoms with Crippen LogP contribution in [-0.4, -0.2) is 11.8 Å². The molecule has 0 radical (unpaired) electrons. The number of nitrogens with two attached hydrogens (primary N) is 1. The van der Waals surface area contributed by atoms with E-state index in [0.717, 1.165) is 4.47 Å². The molecule has 3 N–H and O–H groups in total. The number of hydrogen-bond donors (Lipinski definition) is 2. The highest BCUT2D eigenvalue weighted by molar-refractivity contribution is 9.10. The van der Waals surface area contributed by atoms with Crippen molar-refractivity contribution in [2.75, 3.05) is 5.32 Å². The molecular weight excluding hydrogens is 308 g/mol. The second-order valence-electron chi connectivity index (χ2n) is 3.90. The van der Waals surface area contributed by atoms with Crippen molar-refractivity contribution in [3.05, 3.63) is 64.1 Å². The maximum Gasteiger partial charge on any atom is 0.255 e. The van der Waals surface area contributed by atoms with E-state index >= 15 is 0 Å². The van der Waals surface area contributed by atoms with Gasteiger partial charge in [-0.3, -0.25) is 9.59 Å². The Kier molecular flexibility index (Phi) is 3.97. The Balaban J connectivity index is 2.10. The van der Waals surface area contributed by atoms with Gasteiger partial charge in [0.25, 0.3) is 5.91 Å². The number of rotatable bonds is 3. The molecule has 2 amide bonds. The molecule has 0 aromatic heterocycles. The Morgan fingerprint density at radius 1 is 0.895 bits per heavy atom. The van der Waals surface area contributed by atoms with Crippen molar-refractivity contribution in [3.8, 4) is 0 Å². The van der Waals surface area contributed by atoms with E-state index in [1.807, 2.05) is 0 Å². The number of amides is 2. The van der Waals surface area contributed by atoms with E-state index in [0.29, 0.717) is 16.8 Å². The van der Waals surface area contributed by atoms with Crippen LogP contribution in [0.3, 0.4) is 0 Å². The molecule has 0 saturated heterocycles. The van der Waals surface area contributed by atoms with Crippen molar-refractivity contribution in [1.29, 1.82) is 0 Å². The Bertz CT molecular complexity index is 606. The van der Waals surface area contributed by atoms with Crippen molar-refractivity contribution in [3.63, 3.8) is 0 Å². The summed E-state index contributed by atoms with van der Waals surface area (Å²) in [6, 6.07) is 13.4. The van der Waals surface area contributed by atoms with Crippen molar-refractivity contribution >= 4 is 33.4 Å². The highest BCUT2D eigenvalue weighted by Gasteiger charge is 2.06. The summed E-state index contributed by atoms with van der Waals surface area (Å²) in [7, 11) is 0. The number of carbonyl (C=O) groups excluding carboxylic acids is 2. The SMILES string of the molecule is NC(=O)c1ccc(NC(=O)c2ccc(Br)cc2)cc1. The molecule has 0 unspecified atom stereocenters. The molecular formula is C14H11BrN2O2. The molecule has 2 rings (SSSR count). The van der Waals surface area contributed by atoms with Crippen LogP contribution in [0.2, 0.25) is 0 Å². The molecule has 5 heteroatoms. The van der Waals surface area contributed by atoms with E-state index in [1.165, 1.54) is 0 Å². The lowest BCUT2D eigenvalue weighted by Gasteiger charge is -2.05. The number of nitrogens with one attached hydrogen (secondary N) is 1. The summed E-state index contributed by atoms with van der Waals surface area (Å²) in [5, 5.41) is 2.74. The van der Waals surface area contributed by atoms with Gasteiger partial charge in [-0.2, -0.15) is 0 Å². The number of carbonyl (C=O) groups is 2. The summed E-state index contributed by atoms with van der Waals surface area (Å²) < 4.78 is 0.912. The number of halogens is 1. The second-order valence-corrected chi connectivity index (χ2v) is 4.82. The fourth-order valence-electron chi connectivity index (χ4n) is 1.52. The maximum absolute atomic E-state index is 11.9. The van der Waals surface area contributed by atoms with Gasteiger partial charge in [-0.25, -0.2) is 0 Å². The highest BCUT2D eigenvalue weighted by atomic mass is 79.9. The number of hydrogen-bond acceptors (Lipinski definition) is 2. The molecule has 0 spiro atoms. The van der Waals surface area contributed by atoms with Crippen LogP contribution in [0.15, 0.2) is 53.0 Å². The molecule has 0 aliphatic carbocycles. The zero-order chi connectivity index (χ0) is 13.8. The van der Waals surface area contributed by atoms with Crippen LogP contribution in [-0.2, 0) is 0 Å². The van der Waals surface area contributed by atoms with E-state index < -0.39 is 5.91 Å². The summed E-state index contributed by atoms with van der Waals surface area (Å²) in [5.74, 6) is -0.704. The van der Waals surface area contributed by atoms with Crippen molar-refractivity contribution in [1.82, 2.24) is 0 Å². The minimum atomic E-state index is -0.495. The van der Waals surface area contributed by atoms with Gasteiger partial charge in [0.15, 0.2) is 0 Å². The largest absolute Gasteiger partial charge is 0.366 e. The van der Waals surface area contributed by atoms with Gasteiger partial charge in [0.1, 0.15) is 0 Å². The Morgan fingerprint density at radius 3 is 1.95 bits per heavy atom. The standard InChI is InChI=1S/C14H11BrN2O2/c15-11-5-1-10(2-6-11)14(19)17-12-7-3-9(4-8-12)13(16)18/h1-8H,(H2,16,18)(H,17,19). The quantitative estimate of drug-likeness (QED) is 0.913. The van der Waals surface area contributed by atoms with E-state index in [4.69, 9.17) is 5.73 Å². The number of primary amides is 1. The fourth-order valence-corrected chi connectivity index (χ4v) is 1.79. The molecule has 0 saturated carbocycles. The normalized spacial score (nSPS) is 9.95. The summed E-state index contributed by atoms with van der Waals surface area (Å²) >= 11 is 3.31. The number of anilines is 1. The van der Waals surface area contributed by atoms with Gasteiger partial charge in [-0.1, -0.05) is 15.9 Å². The van der Waals surface area contributed by atoms with Crippen LogP contribution in [0.1, 0.15) is 20.7 Å². The predicted octanol–water partition coefficient (Wildman–Crippen LogP) is 2.80. The summed E-state index contributed by atoms with van der Waals surface area (Å²) in [6.07, 6.45) is 0. The first kappa shape index (κ1) is 13.3. The molecule has 4 nitrogen and oxygen atoms in total. The third kappa shape index (κ3) is 3.42. The minimum Gasteiger partial charge on any atom is -0.366 e. The minimum absolute atomic E-state index is 0.209. The van der Waals surface area contributed by atoms with Gasteiger partial charge in [0.2, 0.25) is 5.91 Å². The first-order chi connectivity index (χ1) is 9.06. The molecule has 0 fully saturated rings. The van der Waals surface area contributed by atoms with Gasteiger partial charge in [-0.15, -0.1) is 0 Å².